The van der Waals surface area contributed by atoms with Gasteiger partial charge >= 0.3 is 10.4 Å². The lowest BCUT2D eigenvalue weighted by Crippen LogP contribution is -2.04. The lowest BCUT2D eigenvalue weighted by molar-refractivity contribution is 0.261. The zero-order valence-electron chi connectivity index (χ0n) is 11.3. The zero-order valence-corrected chi connectivity index (χ0v) is 12.9. The van der Waals surface area contributed by atoms with Crippen LogP contribution in [0.25, 0.3) is 0 Å². The largest absolute Gasteiger partial charge is 0.397 e. The molecule has 0 atom stereocenters. The van der Waals surface area contributed by atoms with Crippen molar-refractivity contribution in [3.8, 4) is 0 Å². The van der Waals surface area contributed by atoms with Crippen LogP contribution in [0.5, 0.6) is 0 Å². The van der Waals surface area contributed by atoms with E-state index >= 15 is 0 Å². The van der Waals surface area contributed by atoms with Gasteiger partial charge in [0.1, 0.15) is 0 Å². The van der Waals surface area contributed by atoms with E-state index < -0.39 is 10.4 Å². The van der Waals surface area contributed by atoms with Gasteiger partial charge in [0.2, 0.25) is 0 Å². The van der Waals surface area contributed by atoms with Crippen LogP contribution in [0.15, 0.2) is 0 Å². The maximum Gasteiger partial charge on any atom is 0.397 e. The molecule has 1 N–H and O–H groups in total. The van der Waals surface area contributed by atoms with E-state index in [0.717, 1.165) is 12.8 Å². The molecule has 0 bridgehead atoms. The lowest BCUT2D eigenvalue weighted by Gasteiger charge is -2.02. The van der Waals surface area contributed by atoms with Crippen LogP contribution in [0.4, 0.5) is 0 Å². The molecule has 0 saturated carbocycles. The smallest absolute Gasteiger partial charge is 0.264 e. The third-order valence-electron chi connectivity index (χ3n) is 2.73. The van der Waals surface area contributed by atoms with Crippen molar-refractivity contribution in [1.29, 1.82) is 0 Å². The van der Waals surface area contributed by atoms with Gasteiger partial charge in [-0.05, 0) is 6.42 Å². The highest BCUT2D eigenvalue weighted by Gasteiger charge is 2.02. The number of hydrogen-bond acceptors (Lipinski definition) is 3. The van der Waals surface area contributed by atoms with E-state index in [1.807, 2.05) is 0 Å². The molecule has 0 aliphatic heterocycles. The predicted molar refractivity (Wildman–Crippen MR) is 76.6 cm³/mol. The van der Waals surface area contributed by atoms with Crippen molar-refractivity contribution < 1.29 is 17.2 Å². The summed E-state index contributed by atoms with van der Waals surface area (Å²) in [5.41, 5.74) is 0. The first-order valence-corrected chi connectivity index (χ1v) is 8.04. The first-order chi connectivity index (χ1) is 8.06. The van der Waals surface area contributed by atoms with Gasteiger partial charge in [0.15, 0.2) is 0 Å². The Labute approximate surface area is 118 Å². The van der Waals surface area contributed by atoms with Gasteiger partial charge in [-0.25, -0.2) is 4.18 Å². The minimum Gasteiger partial charge on any atom is -0.264 e. The van der Waals surface area contributed by atoms with Gasteiger partial charge < -0.3 is 0 Å². The normalized spacial score (nSPS) is 11.2. The first kappa shape index (κ1) is 20.5. The van der Waals surface area contributed by atoms with Crippen molar-refractivity contribution in [1.82, 2.24) is 0 Å². The Balaban J connectivity index is 0. The minimum atomic E-state index is -4.23. The van der Waals surface area contributed by atoms with Gasteiger partial charge in [0, 0.05) is 0 Å². The standard InChI is InChI=1S/C12H26O4S.ClH/c1-2-3-4-5-6-7-8-9-10-11-12-16-17(13,14)15;/h2-12H2,1H3,(H,13,14,15);1H. The van der Waals surface area contributed by atoms with Crippen LogP contribution in [0.2, 0.25) is 0 Å². The second-order valence-electron chi connectivity index (χ2n) is 4.43. The van der Waals surface area contributed by atoms with E-state index in [1.54, 1.807) is 0 Å². The van der Waals surface area contributed by atoms with Crippen LogP contribution in [0.1, 0.15) is 71.1 Å². The summed E-state index contributed by atoms with van der Waals surface area (Å²) in [6.45, 7) is 2.31. The van der Waals surface area contributed by atoms with E-state index in [9.17, 15) is 8.42 Å². The molecule has 0 radical (unpaired) electrons. The number of unbranched alkanes of at least 4 members (excludes halogenated alkanes) is 9. The minimum absolute atomic E-state index is 0. The van der Waals surface area contributed by atoms with Gasteiger partial charge in [-0.3, -0.25) is 4.55 Å². The molecule has 112 valence electrons. The Bertz CT molecular complexity index is 255. The molecule has 6 heteroatoms. The van der Waals surface area contributed by atoms with Gasteiger partial charge in [-0.15, -0.1) is 12.4 Å². The van der Waals surface area contributed by atoms with Crippen molar-refractivity contribution in [3.63, 3.8) is 0 Å². The first-order valence-electron chi connectivity index (χ1n) is 6.68. The van der Waals surface area contributed by atoms with E-state index in [4.69, 9.17) is 4.55 Å². The van der Waals surface area contributed by atoms with Gasteiger partial charge in [-0.1, -0.05) is 64.7 Å². The average Bonchev–Trinajstić information content (AvgIpc) is 2.24. The molecule has 0 aliphatic rings. The molecule has 0 fully saturated rings. The highest BCUT2D eigenvalue weighted by Crippen LogP contribution is 2.10. The Morgan fingerprint density at radius 2 is 1.22 bits per heavy atom. The van der Waals surface area contributed by atoms with Crippen LogP contribution >= 0.6 is 12.4 Å². The molecule has 0 saturated heterocycles. The molecular formula is C12H27ClO4S. The Kier molecular flexibility index (Phi) is 15.5. The summed E-state index contributed by atoms with van der Waals surface area (Å²) in [6.07, 6.45) is 11.9. The topological polar surface area (TPSA) is 63.6 Å². The fraction of sp³-hybridized carbons (Fsp3) is 1.00. The van der Waals surface area contributed by atoms with E-state index in [2.05, 4.69) is 11.1 Å². The molecule has 0 aliphatic carbocycles. The number of rotatable bonds is 12. The zero-order chi connectivity index (χ0) is 13.0. The third-order valence-corrected chi connectivity index (χ3v) is 3.19. The monoisotopic (exact) mass is 302 g/mol. The highest BCUT2D eigenvalue weighted by molar-refractivity contribution is 7.80. The average molecular weight is 303 g/mol. The molecule has 0 unspecified atom stereocenters. The Hall–Kier alpha value is 0.160. The van der Waals surface area contributed by atoms with E-state index in [-0.39, 0.29) is 19.0 Å². The van der Waals surface area contributed by atoms with Crippen molar-refractivity contribution in [2.24, 2.45) is 0 Å². The van der Waals surface area contributed by atoms with Crippen molar-refractivity contribution in [3.05, 3.63) is 0 Å². The summed E-state index contributed by atoms with van der Waals surface area (Å²) in [5.74, 6) is 0. The fourth-order valence-corrected chi connectivity index (χ4v) is 2.08. The molecular weight excluding hydrogens is 276 g/mol. The van der Waals surface area contributed by atoms with Crippen molar-refractivity contribution in [2.45, 2.75) is 71.1 Å². The summed E-state index contributed by atoms with van der Waals surface area (Å²) in [6, 6.07) is 0. The van der Waals surface area contributed by atoms with Crippen molar-refractivity contribution >= 4 is 22.8 Å². The van der Waals surface area contributed by atoms with Crippen LogP contribution in [0, 0.1) is 0 Å². The third kappa shape index (κ3) is 18.5. The summed E-state index contributed by atoms with van der Waals surface area (Å²) < 4.78 is 33.0. The predicted octanol–water partition coefficient (Wildman–Crippen LogP) is 4.15. The van der Waals surface area contributed by atoms with Crippen LogP contribution in [-0.4, -0.2) is 19.6 Å². The highest BCUT2D eigenvalue weighted by atomic mass is 35.5. The molecule has 0 amide bonds. The molecule has 0 rings (SSSR count). The van der Waals surface area contributed by atoms with Gasteiger partial charge in [0.05, 0.1) is 6.61 Å². The summed E-state index contributed by atoms with van der Waals surface area (Å²) in [5, 5.41) is 0. The maximum absolute atomic E-state index is 10.2. The number of halogens is 1. The summed E-state index contributed by atoms with van der Waals surface area (Å²) >= 11 is 0. The lowest BCUT2D eigenvalue weighted by atomic mass is 10.1. The summed E-state index contributed by atoms with van der Waals surface area (Å²) in [7, 11) is -4.23. The molecule has 0 aromatic heterocycles. The van der Waals surface area contributed by atoms with Gasteiger partial charge in [-0.2, -0.15) is 8.42 Å². The Morgan fingerprint density at radius 3 is 1.61 bits per heavy atom. The molecule has 0 aromatic rings. The molecule has 0 spiro atoms. The second-order valence-corrected chi connectivity index (χ2v) is 5.52. The molecule has 0 heterocycles. The number of hydrogen-bond donors (Lipinski definition) is 1. The molecule has 18 heavy (non-hydrogen) atoms. The Morgan fingerprint density at radius 1 is 0.833 bits per heavy atom. The van der Waals surface area contributed by atoms with E-state index in [0.29, 0.717) is 6.42 Å². The SMILES string of the molecule is CCCCCCCCCCCCOS(=O)(=O)O.Cl. The van der Waals surface area contributed by atoms with Crippen LogP contribution < -0.4 is 0 Å². The molecule has 0 aromatic carbocycles. The van der Waals surface area contributed by atoms with Crippen molar-refractivity contribution in [2.75, 3.05) is 6.61 Å². The van der Waals surface area contributed by atoms with Crippen LogP contribution in [0.3, 0.4) is 0 Å². The van der Waals surface area contributed by atoms with Crippen LogP contribution in [-0.2, 0) is 14.6 Å². The fourth-order valence-electron chi connectivity index (χ4n) is 1.75. The maximum atomic E-state index is 10.2. The van der Waals surface area contributed by atoms with E-state index in [1.165, 1.54) is 44.9 Å². The quantitative estimate of drug-likeness (QED) is 0.434. The second kappa shape index (κ2) is 13.6. The molecule has 4 nitrogen and oxygen atoms in total. The van der Waals surface area contributed by atoms with Gasteiger partial charge in [0.25, 0.3) is 0 Å². The summed E-state index contributed by atoms with van der Waals surface area (Å²) in [4.78, 5) is 0.